The summed E-state index contributed by atoms with van der Waals surface area (Å²) in [4.78, 5) is 25.2. The highest BCUT2D eigenvalue weighted by molar-refractivity contribution is 6.29. The molecule has 0 saturated carbocycles. The van der Waals surface area contributed by atoms with E-state index >= 15 is 0 Å². The Morgan fingerprint density at radius 3 is 2.86 bits per heavy atom. The van der Waals surface area contributed by atoms with Crippen molar-refractivity contribution in [2.45, 2.75) is 13.0 Å². The van der Waals surface area contributed by atoms with Crippen LogP contribution in [0.1, 0.15) is 22.0 Å². The Balaban J connectivity index is 0.000000162. The fourth-order valence-electron chi connectivity index (χ4n) is 2.98. The molecule has 0 aliphatic carbocycles. The largest absolute Gasteiger partial charge is 0.347 e. The zero-order chi connectivity index (χ0) is 19.7. The molecule has 4 aromatic heterocycles. The second kappa shape index (κ2) is 7.61. The maximum Gasteiger partial charge on any atom is 0.291 e. The summed E-state index contributed by atoms with van der Waals surface area (Å²) >= 11 is 11.5. The number of amides is 1. The molecule has 5 rings (SSSR count). The number of imidazole rings is 1. The second-order valence-corrected chi connectivity index (χ2v) is 6.87. The lowest BCUT2D eigenvalue weighted by molar-refractivity contribution is 0.0714. The van der Waals surface area contributed by atoms with E-state index < -0.39 is 0 Å². The Morgan fingerprint density at radius 1 is 1.25 bits per heavy atom. The summed E-state index contributed by atoms with van der Waals surface area (Å²) in [5, 5.41) is 8.59. The molecule has 9 nitrogen and oxygen atoms in total. The van der Waals surface area contributed by atoms with Crippen LogP contribution in [0, 0.1) is 0 Å². The molecule has 11 heteroatoms. The van der Waals surface area contributed by atoms with Crippen molar-refractivity contribution < 1.29 is 4.79 Å². The number of H-pyrrole nitrogens is 1. The van der Waals surface area contributed by atoms with Gasteiger partial charge in [0.1, 0.15) is 5.15 Å². The van der Waals surface area contributed by atoms with Crippen molar-refractivity contribution >= 4 is 34.6 Å². The van der Waals surface area contributed by atoms with Crippen molar-refractivity contribution in [1.29, 1.82) is 0 Å². The highest BCUT2D eigenvalue weighted by Gasteiger charge is 2.26. The van der Waals surface area contributed by atoms with Crippen LogP contribution in [0.5, 0.6) is 0 Å². The summed E-state index contributed by atoms with van der Waals surface area (Å²) in [6.45, 7) is 1.14. The molecule has 0 saturated heterocycles. The van der Waals surface area contributed by atoms with Gasteiger partial charge in [0.05, 0.1) is 36.0 Å². The molecule has 1 N–H and O–H groups in total. The first kappa shape index (κ1) is 18.5. The molecule has 0 radical (unpaired) electrons. The van der Waals surface area contributed by atoms with Crippen molar-refractivity contribution in [2.24, 2.45) is 7.05 Å². The Labute approximate surface area is 169 Å². The lowest BCUT2D eigenvalue weighted by Crippen LogP contribution is -2.37. The molecule has 4 aromatic rings. The molecule has 28 heavy (non-hydrogen) atoms. The van der Waals surface area contributed by atoms with Gasteiger partial charge >= 0.3 is 0 Å². The molecule has 0 spiro atoms. The number of aryl methyl sites for hydroxylation is 1. The third-order valence-electron chi connectivity index (χ3n) is 4.37. The van der Waals surface area contributed by atoms with Gasteiger partial charge in [-0.2, -0.15) is 10.1 Å². The SMILES string of the molecule is Clc1cccc2ccnn12.Cn1nc(Cl)nc1C(=O)N1CCc2nc[nH]c2C1. The molecule has 5 heterocycles. The average Bonchev–Trinajstić information content (AvgIpc) is 3.41. The molecule has 144 valence electrons. The number of halogens is 2. The van der Waals surface area contributed by atoms with Crippen molar-refractivity contribution in [2.75, 3.05) is 6.54 Å². The molecular formula is C17H16Cl2N8O. The number of nitrogens with zero attached hydrogens (tertiary/aromatic N) is 7. The minimum absolute atomic E-state index is 0.0834. The zero-order valence-electron chi connectivity index (χ0n) is 14.9. The van der Waals surface area contributed by atoms with Crippen LogP contribution in [0.15, 0.2) is 36.8 Å². The molecule has 1 aliphatic heterocycles. The van der Waals surface area contributed by atoms with Gasteiger partial charge in [0.15, 0.2) is 0 Å². The van der Waals surface area contributed by atoms with Gasteiger partial charge in [-0.25, -0.2) is 14.2 Å². The van der Waals surface area contributed by atoms with E-state index in [1.54, 1.807) is 29.0 Å². The number of aromatic amines is 1. The zero-order valence-corrected chi connectivity index (χ0v) is 16.4. The lowest BCUT2D eigenvalue weighted by atomic mass is 10.1. The van der Waals surface area contributed by atoms with Crippen LogP contribution in [0.4, 0.5) is 0 Å². The number of nitrogens with one attached hydrogen (secondary N) is 1. The van der Waals surface area contributed by atoms with Crippen LogP contribution in [0.25, 0.3) is 5.52 Å². The van der Waals surface area contributed by atoms with Crippen molar-refractivity contribution in [1.82, 2.24) is 39.2 Å². The third-order valence-corrected chi connectivity index (χ3v) is 4.81. The van der Waals surface area contributed by atoms with Gasteiger partial charge < -0.3 is 9.88 Å². The lowest BCUT2D eigenvalue weighted by Gasteiger charge is -2.25. The number of pyridine rings is 1. The number of carbonyl (C=O) groups is 1. The molecule has 0 bridgehead atoms. The van der Waals surface area contributed by atoms with E-state index in [0.717, 1.165) is 23.3 Å². The van der Waals surface area contributed by atoms with Crippen molar-refractivity contribution in [3.8, 4) is 0 Å². The van der Waals surface area contributed by atoms with Crippen molar-refractivity contribution in [3.63, 3.8) is 0 Å². The van der Waals surface area contributed by atoms with Gasteiger partial charge in [-0.15, -0.1) is 5.10 Å². The van der Waals surface area contributed by atoms with E-state index in [1.165, 1.54) is 4.68 Å². The normalized spacial score (nSPS) is 13.2. The van der Waals surface area contributed by atoms with E-state index in [9.17, 15) is 4.79 Å². The number of fused-ring (bicyclic) bond motifs is 2. The van der Waals surface area contributed by atoms with E-state index in [4.69, 9.17) is 23.2 Å². The molecule has 1 aliphatic rings. The first-order valence-electron chi connectivity index (χ1n) is 8.48. The minimum atomic E-state index is -0.169. The summed E-state index contributed by atoms with van der Waals surface area (Å²) in [6, 6.07) is 7.58. The summed E-state index contributed by atoms with van der Waals surface area (Å²) in [5.74, 6) is 0.0834. The first-order chi connectivity index (χ1) is 13.5. The number of rotatable bonds is 1. The predicted octanol–water partition coefficient (Wildman–Crippen LogP) is 2.38. The topological polar surface area (TPSA) is 97.0 Å². The summed E-state index contributed by atoms with van der Waals surface area (Å²) < 4.78 is 3.08. The highest BCUT2D eigenvalue weighted by Crippen LogP contribution is 2.17. The third kappa shape index (κ3) is 3.58. The highest BCUT2D eigenvalue weighted by atomic mass is 35.5. The van der Waals surface area contributed by atoms with Crippen LogP contribution >= 0.6 is 23.2 Å². The molecule has 0 atom stereocenters. The Morgan fingerprint density at radius 2 is 2.11 bits per heavy atom. The average molecular weight is 419 g/mol. The molecular weight excluding hydrogens is 403 g/mol. The van der Waals surface area contributed by atoms with Crippen LogP contribution in [0.3, 0.4) is 0 Å². The van der Waals surface area contributed by atoms with E-state index in [-0.39, 0.29) is 17.0 Å². The number of carbonyl (C=O) groups excluding carboxylic acids is 1. The van der Waals surface area contributed by atoms with Gasteiger partial charge in [-0.1, -0.05) is 17.7 Å². The van der Waals surface area contributed by atoms with Crippen molar-refractivity contribution in [3.05, 3.63) is 64.4 Å². The minimum Gasteiger partial charge on any atom is -0.347 e. The van der Waals surface area contributed by atoms with E-state index in [1.807, 2.05) is 24.3 Å². The number of aromatic nitrogens is 7. The molecule has 0 fully saturated rings. The van der Waals surface area contributed by atoms with Gasteiger partial charge in [-0.3, -0.25) is 4.79 Å². The fraction of sp³-hybridized carbons (Fsp3) is 0.235. The molecule has 0 unspecified atom stereocenters. The van der Waals surface area contributed by atoms with Crippen LogP contribution in [0.2, 0.25) is 10.4 Å². The van der Waals surface area contributed by atoms with E-state index in [0.29, 0.717) is 18.2 Å². The van der Waals surface area contributed by atoms with Gasteiger partial charge in [0, 0.05) is 20.0 Å². The first-order valence-corrected chi connectivity index (χ1v) is 9.23. The molecule has 1 amide bonds. The Hall–Kier alpha value is -2.91. The summed E-state index contributed by atoms with van der Waals surface area (Å²) in [7, 11) is 1.65. The maximum atomic E-state index is 12.3. The summed E-state index contributed by atoms with van der Waals surface area (Å²) in [6.07, 6.45) is 4.12. The van der Waals surface area contributed by atoms with Gasteiger partial charge in [-0.05, 0) is 29.8 Å². The molecule has 0 aromatic carbocycles. The Kier molecular flexibility index (Phi) is 5.01. The van der Waals surface area contributed by atoms with Crippen LogP contribution in [-0.4, -0.2) is 51.7 Å². The predicted molar refractivity (Wildman–Crippen MR) is 103 cm³/mol. The smallest absolute Gasteiger partial charge is 0.291 e. The standard InChI is InChI=1S/C10H11ClN6O.C7H5ClN2/c1-16-8(14-10(11)15-16)9(18)17-3-2-6-7(4-17)13-5-12-6;8-7-3-1-2-6-4-5-9-10(6)7/h5H,2-4H2,1H3,(H,12,13);1-5H. The van der Waals surface area contributed by atoms with Crippen LogP contribution < -0.4 is 0 Å². The number of hydrogen-bond donors (Lipinski definition) is 1. The monoisotopic (exact) mass is 418 g/mol. The van der Waals surface area contributed by atoms with Crippen LogP contribution in [-0.2, 0) is 20.0 Å². The van der Waals surface area contributed by atoms with E-state index in [2.05, 4.69) is 25.1 Å². The van der Waals surface area contributed by atoms with Gasteiger partial charge in [0.25, 0.3) is 5.91 Å². The van der Waals surface area contributed by atoms with Gasteiger partial charge in [0.2, 0.25) is 11.1 Å². The summed E-state index contributed by atoms with van der Waals surface area (Å²) in [5.41, 5.74) is 3.02. The number of hydrogen-bond acceptors (Lipinski definition) is 5. The quantitative estimate of drug-likeness (QED) is 0.478. The Bertz CT molecular complexity index is 1130. The second-order valence-electron chi connectivity index (χ2n) is 6.15. The maximum absolute atomic E-state index is 12.3. The fourth-order valence-corrected chi connectivity index (χ4v) is 3.39.